The predicted molar refractivity (Wildman–Crippen MR) is 85.0 cm³/mol. The Morgan fingerprint density at radius 2 is 2.05 bits per heavy atom. The lowest BCUT2D eigenvalue weighted by Crippen LogP contribution is -2.34. The molecule has 0 fully saturated rings. The number of nitrogens with one attached hydrogen (secondary N) is 1. The molecule has 0 aliphatic rings. The highest BCUT2D eigenvalue weighted by Crippen LogP contribution is 2.20. The van der Waals surface area contributed by atoms with E-state index in [1.54, 1.807) is 23.1 Å². The molecule has 0 saturated carbocycles. The Morgan fingerprint density at radius 1 is 1.32 bits per heavy atom. The number of aryl methyl sites for hydroxylation is 2. The summed E-state index contributed by atoms with van der Waals surface area (Å²) < 4.78 is 5.44. The first-order valence-corrected chi connectivity index (χ1v) is 7.54. The standard InChI is InChI=1S/C15H19ClN4O2/c1-4-13-18-19-14(22-13)9-20(5-2)15(21)17-12-7-6-11(16)8-10(12)3/h6-8H,4-5,9H2,1-3H3,(H,17,21). The molecule has 22 heavy (non-hydrogen) atoms. The van der Waals surface area contributed by atoms with Crippen molar-refractivity contribution in [3.8, 4) is 0 Å². The average Bonchev–Trinajstić information content (AvgIpc) is 2.95. The zero-order chi connectivity index (χ0) is 16.1. The van der Waals surface area contributed by atoms with Crippen molar-refractivity contribution in [2.45, 2.75) is 33.7 Å². The topological polar surface area (TPSA) is 71.3 Å². The number of carbonyl (C=O) groups excluding carboxylic acids is 1. The van der Waals surface area contributed by atoms with Gasteiger partial charge < -0.3 is 14.6 Å². The fourth-order valence-corrected chi connectivity index (χ4v) is 2.17. The van der Waals surface area contributed by atoms with Gasteiger partial charge in [0.1, 0.15) is 6.54 Å². The summed E-state index contributed by atoms with van der Waals surface area (Å²) in [6, 6.07) is 5.11. The molecule has 2 aromatic rings. The number of aromatic nitrogens is 2. The van der Waals surface area contributed by atoms with E-state index in [1.165, 1.54) is 0 Å². The van der Waals surface area contributed by atoms with E-state index in [9.17, 15) is 4.79 Å². The minimum absolute atomic E-state index is 0.218. The molecule has 0 saturated heterocycles. The predicted octanol–water partition coefficient (Wildman–Crippen LogP) is 3.65. The Labute approximate surface area is 134 Å². The Morgan fingerprint density at radius 3 is 2.64 bits per heavy atom. The lowest BCUT2D eigenvalue weighted by atomic mass is 10.2. The average molecular weight is 323 g/mol. The molecular formula is C15H19ClN4O2. The number of urea groups is 1. The van der Waals surface area contributed by atoms with Crippen LogP contribution < -0.4 is 5.32 Å². The Hall–Kier alpha value is -2.08. The molecule has 6 nitrogen and oxygen atoms in total. The van der Waals surface area contributed by atoms with Gasteiger partial charge in [0, 0.05) is 23.7 Å². The van der Waals surface area contributed by atoms with E-state index in [0.717, 1.165) is 11.3 Å². The van der Waals surface area contributed by atoms with E-state index in [2.05, 4.69) is 15.5 Å². The summed E-state index contributed by atoms with van der Waals surface area (Å²) >= 11 is 5.92. The zero-order valence-electron chi connectivity index (χ0n) is 12.9. The van der Waals surface area contributed by atoms with Crippen LogP contribution in [0.1, 0.15) is 31.2 Å². The number of nitrogens with zero attached hydrogens (tertiary/aromatic N) is 3. The van der Waals surface area contributed by atoms with Crippen molar-refractivity contribution in [1.29, 1.82) is 0 Å². The first-order chi connectivity index (χ1) is 10.5. The van der Waals surface area contributed by atoms with Crippen LogP contribution in [0.15, 0.2) is 22.6 Å². The third-order valence-corrected chi connectivity index (χ3v) is 3.47. The molecule has 7 heteroatoms. The van der Waals surface area contributed by atoms with Gasteiger partial charge in [-0.15, -0.1) is 10.2 Å². The molecule has 0 aliphatic carbocycles. The minimum atomic E-state index is -0.218. The van der Waals surface area contributed by atoms with Gasteiger partial charge in [-0.1, -0.05) is 18.5 Å². The number of amides is 2. The van der Waals surface area contributed by atoms with Crippen molar-refractivity contribution < 1.29 is 9.21 Å². The number of hydrogen-bond donors (Lipinski definition) is 1. The van der Waals surface area contributed by atoms with Crippen LogP contribution in [0.2, 0.25) is 5.02 Å². The summed E-state index contributed by atoms with van der Waals surface area (Å²) in [5.74, 6) is 1.00. The molecule has 1 N–H and O–H groups in total. The largest absolute Gasteiger partial charge is 0.423 e. The minimum Gasteiger partial charge on any atom is -0.423 e. The Kier molecular flexibility index (Phi) is 5.38. The van der Waals surface area contributed by atoms with Gasteiger partial charge in [-0.05, 0) is 37.6 Å². The first-order valence-electron chi connectivity index (χ1n) is 7.16. The number of carbonyl (C=O) groups is 1. The number of benzene rings is 1. The molecule has 1 heterocycles. The van der Waals surface area contributed by atoms with E-state index in [1.807, 2.05) is 20.8 Å². The highest BCUT2D eigenvalue weighted by atomic mass is 35.5. The summed E-state index contributed by atoms with van der Waals surface area (Å²) in [7, 11) is 0. The van der Waals surface area contributed by atoms with E-state index in [0.29, 0.717) is 29.8 Å². The van der Waals surface area contributed by atoms with Gasteiger partial charge in [0.25, 0.3) is 0 Å². The van der Waals surface area contributed by atoms with Gasteiger partial charge >= 0.3 is 6.03 Å². The molecule has 1 aromatic heterocycles. The van der Waals surface area contributed by atoms with Crippen LogP contribution in [0.25, 0.3) is 0 Å². The van der Waals surface area contributed by atoms with Crippen molar-refractivity contribution in [2.24, 2.45) is 0 Å². The molecular weight excluding hydrogens is 304 g/mol. The normalized spacial score (nSPS) is 10.5. The molecule has 0 bridgehead atoms. The second-order valence-electron chi connectivity index (χ2n) is 4.85. The summed E-state index contributed by atoms with van der Waals surface area (Å²) in [6.45, 7) is 6.53. The van der Waals surface area contributed by atoms with E-state index in [4.69, 9.17) is 16.0 Å². The third-order valence-electron chi connectivity index (χ3n) is 3.24. The molecule has 1 aromatic carbocycles. The monoisotopic (exact) mass is 322 g/mol. The van der Waals surface area contributed by atoms with Crippen LogP contribution in [0.4, 0.5) is 10.5 Å². The molecule has 0 unspecified atom stereocenters. The quantitative estimate of drug-likeness (QED) is 0.912. The van der Waals surface area contributed by atoms with Crippen molar-refractivity contribution >= 4 is 23.3 Å². The molecule has 2 rings (SSSR count). The van der Waals surface area contributed by atoms with Crippen LogP contribution in [0, 0.1) is 6.92 Å². The summed E-state index contributed by atoms with van der Waals surface area (Å²) in [4.78, 5) is 14.0. The highest BCUT2D eigenvalue weighted by Gasteiger charge is 2.16. The van der Waals surface area contributed by atoms with Gasteiger partial charge in [0.15, 0.2) is 0 Å². The molecule has 0 radical (unpaired) electrons. The third kappa shape index (κ3) is 3.98. The Bertz CT molecular complexity index is 657. The number of hydrogen-bond acceptors (Lipinski definition) is 4. The smallest absolute Gasteiger partial charge is 0.322 e. The second kappa shape index (κ2) is 7.26. The first kappa shape index (κ1) is 16.3. The van der Waals surface area contributed by atoms with Gasteiger partial charge in [-0.25, -0.2) is 4.79 Å². The molecule has 2 amide bonds. The zero-order valence-corrected chi connectivity index (χ0v) is 13.6. The SMILES string of the molecule is CCc1nnc(CN(CC)C(=O)Nc2ccc(Cl)cc2C)o1. The summed E-state index contributed by atoms with van der Waals surface area (Å²) in [5, 5.41) is 11.3. The van der Waals surface area contributed by atoms with Crippen LogP contribution in [-0.4, -0.2) is 27.7 Å². The van der Waals surface area contributed by atoms with Crippen molar-refractivity contribution in [2.75, 3.05) is 11.9 Å². The molecule has 0 spiro atoms. The fourth-order valence-electron chi connectivity index (χ4n) is 1.95. The summed E-state index contributed by atoms with van der Waals surface area (Å²) in [5.41, 5.74) is 1.63. The lowest BCUT2D eigenvalue weighted by molar-refractivity contribution is 0.205. The molecule has 0 atom stereocenters. The van der Waals surface area contributed by atoms with Gasteiger partial charge in [0.2, 0.25) is 11.8 Å². The van der Waals surface area contributed by atoms with Crippen LogP contribution in [0.5, 0.6) is 0 Å². The Balaban J connectivity index is 2.05. The van der Waals surface area contributed by atoms with Crippen molar-refractivity contribution in [3.05, 3.63) is 40.6 Å². The molecule has 118 valence electrons. The maximum Gasteiger partial charge on any atom is 0.322 e. The van der Waals surface area contributed by atoms with Crippen molar-refractivity contribution in [3.63, 3.8) is 0 Å². The number of anilines is 1. The molecule has 0 aliphatic heterocycles. The van der Waals surface area contributed by atoms with Crippen LogP contribution in [-0.2, 0) is 13.0 Å². The summed E-state index contributed by atoms with van der Waals surface area (Å²) in [6.07, 6.45) is 0.676. The maximum absolute atomic E-state index is 12.4. The van der Waals surface area contributed by atoms with E-state index in [-0.39, 0.29) is 12.6 Å². The maximum atomic E-state index is 12.4. The van der Waals surface area contributed by atoms with Gasteiger partial charge in [-0.2, -0.15) is 0 Å². The van der Waals surface area contributed by atoms with Gasteiger partial charge in [0.05, 0.1) is 0 Å². The lowest BCUT2D eigenvalue weighted by Gasteiger charge is -2.20. The second-order valence-corrected chi connectivity index (χ2v) is 5.28. The van der Waals surface area contributed by atoms with E-state index < -0.39 is 0 Å². The fraction of sp³-hybridized carbons (Fsp3) is 0.400. The number of rotatable bonds is 5. The van der Waals surface area contributed by atoms with Crippen molar-refractivity contribution in [1.82, 2.24) is 15.1 Å². The van der Waals surface area contributed by atoms with Crippen LogP contribution >= 0.6 is 11.6 Å². The van der Waals surface area contributed by atoms with E-state index >= 15 is 0 Å². The van der Waals surface area contributed by atoms with Gasteiger partial charge in [-0.3, -0.25) is 0 Å². The van der Waals surface area contributed by atoms with Crippen LogP contribution in [0.3, 0.4) is 0 Å². The highest BCUT2D eigenvalue weighted by molar-refractivity contribution is 6.30. The number of halogens is 1.